The van der Waals surface area contributed by atoms with E-state index in [1.165, 1.54) is 6.33 Å². The van der Waals surface area contributed by atoms with Crippen LogP contribution in [0.3, 0.4) is 0 Å². The first-order valence-electron chi connectivity index (χ1n) is 9.44. The number of anilines is 1. The molecule has 3 aromatic rings. The van der Waals surface area contributed by atoms with Gasteiger partial charge in [0.2, 0.25) is 5.60 Å². The summed E-state index contributed by atoms with van der Waals surface area (Å²) in [5.74, 6) is 0.396. The Balaban J connectivity index is 1.77. The fourth-order valence-corrected chi connectivity index (χ4v) is 4.05. The van der Waals surface area contributed by atoms with E-state index in [9.17, 15) is 5.26 Å². The molecule has 0 amide bonds. The predicted molar refractivity (Wildman–Crippen MR) is 104 cm³/mol. The van der Waals surface area contributed by atoms with Crippen LogP contribution in [0.2, 0.25) is 0 Å². The van der Waals surface area contributed by atoms with Gasteiger partial charge in [0.1, 0.15) is 24.0 Å². The monoisotopic (exact) mass is 377 g/mol. The van der Waals surface area contributed by atoms with E-state index in [1.54, 1.807) is 4.52 Å². The van der Waals surface area contributed by atoms with E-state index < -0.39 is 11.7 Å². The average Bonchev–Trinajstić information content (AvgIpc) is 3.28. The summed E-state index contributed by atoms with van der Waals surface area (Å²) < 4.78 is 14.3. The highest BCUT2D eigenvalue weighted by atomic mass is 16.6. The van der Waals surface area contributed by atoms with Gasteiger partial charge >= 0.3 is 0 Å². The normalized spacial score (nSPS) is 27.1. The molecule has 144 valence electrons. The largest absolute Gasteiger partial charge is 0.382 e. The maximum absolute atomic E-state index is 10.3. The Hall–Kier alpha value is -2.95. The molecule has 1 aliphatic rings. The molecule has 2 aromatic heterocycles. The van der Waals surface area contributed by atoms with Crippen molar-refractivity contribution in [2.24, 2.45) is 5.92 Å². The number of fused-ring (bicyclic) bond motifs is 1. The van der Waals surface area contributed by atoms with Gasteiger partial charge in [0, 0.05) is 5.92 Å². The molecule has 4 atom stereocenters. The zero-order valence-corrected chi connectivity index (χ0v) is 15.9. The van der Waals surface area contributed by atoms with Crippen LogP contribution in [0.4, 0.5) is 5.82 Å². The Kier molecular flexibility index (Phi) is 4.75. The Bertz CT molecular complexity index is 1010. The molecule has 0 spiro atoms. The molecule has 28 heavy (non-hydrogen) atoms. The SMILES string of the molecule is CC[C@H]1O[C@@](C#N)(c2ccc3c(N)ncnn23)[C@@H](OCc2ccccc2)C1C. The van der Waals surface area contributed by atoms with E-state index in [4.69, 9.17) is 15.2 Å². The summed E-state index contributed by atoms with van der Waals surface area (Å²) in [4.78, 5) is 4.03. The van der Waals surface area contributed by atoms with E-state index in [0.717, 1.165) is 12.0 Å². The van der Waals surface area contributed by atoms with Crippen LogP contribution in [0.25, 0.3) is 5.52 Å². The predicted octanol–water partition coefficient (Wildman–Crippen LogP) is 3.06. The molecule has 2 N–H and O–H groups in total. The molecule has 1 saturated heterocycles. The van der Waals surface area contributed by atoms with Crippen molar-refractivity contribution in [2.75, 3.05) is 5.73 Å². The first-order chi connectivity index (χ1) is 13.6. The minimum Gasteiger partial charge on any atom is -0.382 e. The highest BCUT2D eigenvalue weighted by molar-refractivity contribution is 5.66. The zero-order valence-electron chi connectivity index (χ0n) is 15.9. The third-order valence-electron chi connectivity index (χ3n) is 5.51. The lowest BCUT2D eigenvalue weighted by Gasteiger charge is -2.28. The van der Waals surface area contributed by atoms with E-state index in [1.807, 2.05) is 42.5 Å². The van der Waals surface area contributed by atoms with Crippen LogP contribution in [-0.2, 0) is 21.7 Å². The van der Waals surface area contributed by atoms with Crippen molar-refractivity contribution < 1.29 is 9.47 Å². The summed E-state index contributed by atoms with van der Waals surface area (Å²) in [7, 11) is 0. The summed E-state index contributed by atoms with van der Waals surface area (Å²) in [6.07, 6.45) is 1.63. The number of nitrogen functional groups attached to an aromatic ring is 1. The van der Waals surface area contributed by atoms with Gasteiger partial charge in [-0.1, -0.05) is 44.2 Å². The maximum atomic E-state index is 10.3. The van der Waals surface area contributed by atoms with Gasteiger partial charge in [0.15, 0.2) is 5.82 Å². The van der Waals surface area contributed by atoms with Gasteiger partial charge in [0.25, 0.3) is 0 Å². The van der Waals surface area contributed by atoms with E-state index in [0.29, 0.717) is 23.6 Å². The lowest BCUT2D eigenvalue weighted by Crippen LogP contribution is -2.40. The van der Waals surface area contributed by atoms with Crippen LogP contribution < -0.4 is 5.73 Å². The number of rotatable bonds is 5. The second-order valence-electron chi connectivity index (χ2n) is 7.15. The summed E-state index contributed by atoms with van der Waals surface area (Å²) >= 11 is 0. The van der Waals surface area contributed by atoms with Gasteiger partial charge in [-0.3, -0.25) is 0 Å². The molecule has 1 aliphatic heterocycles. The number of nitriles is 1. The van der Waals surface area contributed by atoms with Gasteiger partial charge in [-0.25, -0.2) is 9.50 Å². The van der Waals surface area contributed by atoms with Crippen LogP contribution in [0.15, 0.2) is 48.8 Å². The first-order valence-corrected chi connectivity index (χ1v) is 9.44. The number of aromatic nitrogens is 3. The molecule has 0 aliphatic carbocycles. The molecule has 0 radical (unpaired) electrons. The smallest absolute Gasteiger partial charge is 0.223 e. The maximum Gasteiger partial charge on any atom is 0.223 e. The van der Waals surface area contributed by atoms with Crippen molar-refractivity contribution in [1.29, 1.82) is 5.26 Å². The summed E-state index contributed by atoms with van der Waals surface area (Å²) in [5, 5.41) is 14.6. The summed E-state index contributed by atoms with van der Waals surface area (Å²) in [6.45, 7) is 4.53. The molecule has 4 rings (SSSR count). The van der Waals surface area contributed by atoms with Crippen LogP contribution in [0, 0.1) is 17.2 Å². The number of benzene rings is 1. The molecule has 3 heterocycles. The topological polar surface area (TPSA) is 98.5 Å². The second kappa shape index (κ2) is 7.23. The van der Waals surface area contributed by atoms with Crippen LogP contribution >= 0.6 is 0 Å². The number of ether oxygens (including phenoxy) is 2. The minimum absolute atomic E-state index is 0.0399. The van der Waals surface area contributed by atoms with Gasteiger partial charge in [0.05, 0.1) is 18.4 Å². The third-order valence-corrected chi connectivity index (χ3v) is 5.51. The fourth-order valence-electron chi connectivity index (χ4n) is 4.05. The van der Waals surface area contributed by atoms with Crippen molar-refractivity contribution in [3.8, 4) is 6.07 Å². The van der Waals surface area contributed by atoms with Crippen LogP contribution in [0.1, 0.15) is 31.5 Å². The molecule has 7 nitrogen and oxygen atoms in total. The quantitative estimate of drug-likeness (QED) is 0.734. The van der Waals surface area contributed by atoms with E-state index in [-0.39, 0.29) is 12.0 Å². The standard InChI is InChI=1S/C21H23N5O2/c1-3-17-14(2)19(27-11-15-7-5-4-6-8-15)21(12-22,28-17)18-10-9-16-20(23)24-13-25-26(16)18/h4-10,13-14,17,19H,3,11H2,1-2H3,(H2,23,24,25)/t14?,17-,19+,21+/m1/s1. The number of nitrogens with two attached hydrogens (primary N) is 1. The molecule has 1 fully saturated rings. The van der Waals surface area contributed by atoms with Crippen molar-refractivity contribution >= 4 is 11.3 Å². The molecular weight excluding hydrogens is 354 g/mol. The Morgan fingerprint density at radius 3 is 2.79 bits per heavy atom. The van der Waals surface area contributed by atoms with E-state index in [2.05, 4.69) is 30.0 Å². The molecule has 7 heteroatoms. The van der Waals surface area contributed by atoms with Crippen LogP contribution in [-0.4, -0.2) is 26.8 Å². The molecule has 0 saturated carbocycles. The number of hydrogen-bond donors (Lipinski definition) is 1. The van der Waals surface area contributed by atoms with E-state index >= 15 is 0 Å². The molecule has 1 aromatic carbocycles. The number of nitrogens with zero attached hydrogens (tertiary/aromatic N) is 4. The highest BCUT2D eigenvalue weighted by Gasteiger charge is 2.57. The molecule has 1 unspecified atom stereocenters. The Morgan fingerprint density at radius 1 is 1.29 bits per heavy atom. The molecular formula is C21H23N5O2. The van der Waals surface area contributed by atoms with Crippen LogP contribution in [0.5, 0.6) is 0 Å². The average molecular weight is 377 g/mol. The van der Waals surface area contributed by atoms with Crippen molar-refractivity contribution in [3.05, 3.63) is 60.0 Å². The van der Waals surface area contributed by atoms with Gasteiger partial charge in [-0.05, 0) is 24.1 Å². The Morgan fingerprint density at radius 2 is 2.07 bits per heavy atom. The van der Waals surface area contributed by atoms with Gasteiger partial charge < -0.3 is 15.2 Å². The highest BCUT2D eigenvalue weighted by Crippen LogP contribution is 2.46. The third kappa shape index (κ3) is 2.82. The molecule has 0 bridgehead atoms. The van der Waals surface area contributed by atoms with Gasteiger partial charge in [-0.15, -0.1) is 0 Å². The lowest BCUT2D eigenvalue weighted by atomic mass is 9.87. The fraction of sp³-hybridized carbons (Fsp3) is 0.381. The summed E-state index contributed by atoms with van der Waals surface area (Å²) in [5.41, 5.74) is 7.00. The zero-order chi connectivity index (χ0) is 19.7. The first kappa shape index (κ1) is 18.4. The summed E-state index contributed by atoms with van der Waals surface area (Å²) in [6, 6.07) is 16.0. The lowest BCUT2D eigenvalue weighted by molar-refractivity contribution is -0.0817. The van der Waals surface area contributed by atoms with Gasteiger partial charge in [-0.2, -0.15) is 10.4 Å². The van der Waals surface area contributed by atoms with Crippen molar-refractivity contribution in [3.63, 3.8) is 0 Å². The number of hydrogen-bond acceptors (Lipinski definition) is 6. The Labute approximate surface area is 163 Å². The van der Waals surface area contributed by atoms with Crippen molar-refractivity contribution in [2.45, 2.75) is 44.7 Å². The minimum atomic E-state index is -1.28. The second-order valence-corrected chi connectivity index (χ2v) is 7.15. The van der Waals surface area contributed by atoms with Crippen molar-refractivity contribution in [1.82, 2.24) is 14.6 Å².